The van der Waals surface area contributed by atoms with Crippen LogP contribution in [0.4, 0.5) is 0 Å². The number of nitrogens with zero attached hydrogens (tertiary/aromatic N) is 2. The summed E-state index contributed by atoms with van der Waals surface area (Å²) < 4.78 is 0. The molecule has 1 fully saturated rings. The van der Waals surface area contributed by atoms with Crippen LogP contribution in [0.1, 0.15) is 43.9 Å². The summed E-state index contributed by atoms with van der Waals surface area (Å²) in [6, 6.07) is 4.57. The molecule has 130 valence electrons. The summed E-state index contributed by atoms with van der Waals surface area (Å²) in [6.45, 7) is 5.67. The molecule has 0 saturated heterocycles. The van der Waals surface area contributed by atoms with Crippen LogP contribution in [0, 0.1) is 6.92 Å². The van der Waals surface area contributed by atoms with E-state index in [0.717, 1.165) is 56.8 Å². The molecule has 1 aromatic rings. The molecule has 23 heavy (non-hydrogen) atoms. The van der Waals surface area contributed by atoms with Crippen molar-refractivity contribution in [3.63, 3.8) is 0 Å². The normalized spacial score (nSPS) is 21.4. The number of halogens is 1. The summed E-state index contributed by atoms with van der Waals surface area (Å²) >= 11 is 0. The molecule has 0 radical (unpaired) electrons. The first kappa shape index (κ1) is 20.2. The third-order valence-corrected chi connectivity index (χ3v) is 4.02. The van der Waals surface area contributed by atoms with E-state index in [0.29, 0.717) is 6.04 Å². The second-order valence-electron chi connectivity index (χ2n) is 5.97. The van der Waals surface area contributed by atoms with Gasteiger partial charge in [0.25, 0.3) is 0 Å². The molecule has 3 N–H and O–H groups in total. The molecule has 1 aromatic heterocycles. The number of nitrogens with one attached hydrogen (secondary N) is 2. The molecule has 0 amide bonds. The Balaban J connectivity index is 0.00000264. The highest BCUT2D eigenvalue weighted by Crippen LogP contribution is 2.18. The number of aliphatic imine (C=N–C) groups is 1. The Kier molecular flexibility index (Phi) is 9.47. The molecule has 5 nitrogen and oxygen atoms in total. The number of rotatable bonds is 5. The van der Waals surface area contributed by atoms with E-state index in [1.165, 1.54) is 5.56 Å². The Morgan fingerprint density at radius 2 is 2.04 bits per heavy atom. The lowest BCUT2D eigenvalue weighted by Gasteiger charge is -2.27. The summed E-state index contributed by atoms with van der Waals surface area (Å²) in [5, 5.41) is 16.4. The van der Waals surface area contributed by atoms with Crippen LogP contribution in [0.2, 0.25) is 0 Å². The van der Waals surface area contributed by atoms with Gasteiger partial charge in [-0.1, -0.05) is 6.07 Å². The summed E-state index contributed by atoms with van der Waals surface area (Å²) in [7, 11) is 0. The van der Waals surface area contributed by atoms with E-state index < -0.39 is 0 Å². The van der Waals surface area contributed by atoms with Crippen molar-refractivity contribution in [3.05, 3.63) is 29.6 Å². The molecule has 0 spiro atoms. The van der Waals surface area contributed by atoms with E-state index >= 15 is 0 Å². The number of guanidine groups is 1. The van der Waals surface area contributed by atoms with Crippen molar-refractivity contribution in [2.75, 3.05) is 13.1 Å². The minimum Gasteiger partial charge on any atom is -0.393 e. The van der Waals surface area contributed by atoms with Crippen molar-refractivity contribution >= 4 is 29.9 Å². The first-order valence-corrected chi connectivity index (χ1v) is 8.32. The molecule has 0 unspecified atom stereocenters. The maximum atomic E-state index is 9.57. The maximum absolute atomic E-state index is 9.57. The van der Waals surface area contributed by atoms with Gasteiger partial charge in [-0.25, -0.2) is 0 Å². The summed E-state index contributed by atoms with van der Waals surface area (Å²) in [4.78, 5) is 8.96. The molecule has 0 aliphatic heterocycles. The zero-order valence-electron chi connectivity index (χ0n) is 14.1. The average molecular weight is 432 g/mol. The fraction of sp³-hybridized carbons (Fsp3) is 0.647. The fourth-order valence-corrected chi connectivity index (χ4v) is 2.68. The van der Waals surface area contributed by atoms with Gasteiger partial charge >= 0.3 is 0 Å². The quantitative estimate of drug-likeness (QED) is 0.380. The molecular weight excluding hydrogens is 403 g/mol. The Hall–Kier alpha value is -0.890. The zero-order valence-corrected chi connectivity index (χ0v) is 16.4. The second-order valence-corrected chi connectivity index (χ2v) is 5.97. The van der Waals surface area contributed by atoms with Crippen molar-refractivity contribution in [1.29, 1.82) is 0 Å². The number of hydrogen-bond donors (Lipinski definition) is 3. The SMILES string of the molecule is CCNC(=NCCc1ccc(C)nc1)NC1CCC(O)CC1.I. The molecule has 1 saturated carbocycles. The highest BCUT2D eigenvalue weighted by atomic mass is 127. The second kappa shape index (κ2) is 10.8. The van der Waals surface area contributed by atoms with E-state index in [4.69, 9.17) is 0 Å². The number of aliphatic hydroxyl groups excluding tert-OH is 1. The lowest BCUT2D eigenvalue weighted by molar-refractivity contribution is 0.120. The molecule has 6 heteroatoms. The van der Waals surface area contributed by atoms with Gasteiger partial charge in [-0.15, -0.1) is 24.0 Å². The van der Waals surface area contributed by atoms with Crippen LogP contribution in [0.15, 0.2) is 23.3 Å². The first-order valence-electron chi connectivity index (χ1n) is 8.32. The number of pyridine rings is 1. The Labute approximate surface area is 156 Å². The standard InChI is InChI=1S/C17H28N4O.HI/c1-3-18-17(21-15-6-8-16(22)9-7-15)19-11-10-14-5-4-13(2)20-12-14;/h4-5,12,15-16,22H,3,6-11H2,1-2H3,(H2,18,19,21);1H. The predicted octanol–water partition coefficient (Wildman–Crippen LogP) is 2.41. The molecule has 1 aliphatic carbocycles. The van der Waals surface area contributed by atoms with E-state index in [2.05, 4.69) is 33.6 Å². The highest BCUT2D eigenvalue weighted by molar-refractivity contribution is 14.0. The Morgan fingerprint density at radius 3 is 2.65 bits per heavy atom. The number of aryl methyl sites for hydroxylation is 1. The van der Waals surface area contributed by atoms with Crippen LogP contribution in [0.5, 0.6) is 0 Å². The van der Waals surface area contributed by atoms with Crippen LogP contribution in [0.3, 0.4) is 0 Å². The van der Waals surface area contributed by atoms with Crippen LogP contribution < -0.4 is 10.6 Å². The molecular formula is C17H29IN4O. The van der Waals surface area contributed by atoms with Gasteiger partial charge in [0.05, 0.1) is 6.10 Å². The minimum atomic E-state index is -0.119. The van der Waals surface area contributed by atoms with Crippen molar-refractivity contribution < 1.29 is 5.11 Å². The van der Waals surface area contributed by atoms with E-state index in [9.17, 15) is 5.11 Å². The number of aliphatic hydroxyl groups is 1. The summed E-state index contributed by atoms with van der Waals surface area (Å²) in [6.07, 6.45) is 6.48. The van der Waals surface area contributed by atoms with Crippen LogP contribution in [-0.2, 0) is 6.42 Å². The third kappa shape index (κ3) is 7.48. The smallest absolute Gasteiger partial charge is 0.191 e. The van der Waals surface area contributed by atoms with Crippen LogP contribution >= 0.6 is 24.0 Å². The topological polar surface area (TPSA) is 69.5 Å². The third-order valence-electron chi connectivity index (χ3n) is 4.02. The van der Waals surface area contributed by atoms with Gasteiger partial charge in [0.1, 0.15) is 0 Å². The van der Waals surface area contributed by atoms with Gasteiger partial charge < -0.3 is 15.7 Å². The predicted molar refractivity (Wildman–Crippen MR) is 105 cm³/mol. The lowest BCUT2D eigenvalue weighted by Crippen LogP contribution is -2.45. The maximum Gasteiger partial charge on any atom is 0.191 e. The fourth-order valence-electron chi connectivity index (χ4n) is 2.68. The molecule has 0 aromatic carbocycles. The van der Waals surface area contributed by atoms with Crippen LogP contribution in [-0.4, -0.2) is 41.3 Å². The van der Waals surface area contributed by atoms with E-state index in [1.54, 1.807) is 0 Å². The van der Waals surface area contributed by atoms with Gasteiger partial charge in [-0.3, -0.25) is 9.98 Å². The molecule has 0 bridgehead atoms. The molecule has 1 heterocycles. The summed E-state index contributed by atoms with van der Waals surface area (Å²) in [5.74, 6) is 0.879. The average Bonchev–Trinajstić information content (AvgIpc) is 2.52. The van der Waals surface area contributed by atoms with Gasteiger partial charge in [0.15, 0.2) is 5.96 Å². The Bertz CT molecular complexity index is 470. The molecule has 1 aliphatic rings. The van der Waals surface area contributed by atoms with E-state index in [1.807, 2.05) is 19.2 Å². The zero-order chi connectivity index (χ0) is 15.8. The van der Waals surface area contributed by atoms with E-state index in [-0.39, 0.29) is 30.1 Å². The van der Waals surface area contributed by atoms with Crippen molar-refractivity contribution in [2.45, 2.75) is 58.1 Å². The van der Waals surface area contributed by atoms with Crippen LogP contribution in [0.25, 0.3) is 0 Å². The van der Waals surface area contributed by atoms with Gasteiger partial charge in [-0.2, -0.15) is 0 Å². The highest BCUT2D eigenvalue weighted by Gasteiger charge is 2.19. The van der Waals surface area contributed by atoms with Crippen molar-refractivity contribution in [3.8, 4) is 0 Å². The number of hydrogen-bond acceptors (Lipinski definition) is 3. The monoisotopic (exact) mass is 432 g/mol. The van der Waals surface area contributed by atoms with Gasteiger partial charge in [-0.05, 0) is 57.6 Å². The number of aromatic nitrogens is 1. The van der Waals surface area contributed by atoms with Crippen molar-refractivity contribution in [2.24, 2.45) is 4.99 Å². The minimum absolute atomic E-state index is 0. The molecule has 2 rings (SSSR count). The van der Waals surface area contributed by atoms with Gasteiger partial charge in [0.2, 0.25) is 0 Å². The summed E-state index contributed by atoms with van der Waals surface area (Å²) in [5.41, 5.74) is 2.26. The lowest BCUT2D eigenvalue weighted by atomic mass is 9.93. The molecule has 0 atom stereocenters. The largest absolute Gasteiger partial charge is 0.393 e. The Morgan fingerprint density at radius 1 is 1.30 bits per heavy atom. The van der Waals surface area contributed by atoms with Gasteiger partial charge in [0, 0.05) is 31.0 Å². The van der Waals surface area contributed by atoms with Crippen molar-refractivity contribution in [1.82, 2.24) is 15.6 Å². The first-order chi connectivity index (χ1) is 10.7.